The van der Waals surface area contributed by atoms with Crippen molar-refractivity contribution in [1.82, 2.24) is 0 Å². The Labute approximate surface area is 89.1 Å². The van der Waals surface area contributed by atoms with E-state index in [4.69, 9.17) is 4.74 Å². The van der Waals surface area contributed by atoms with Crippen LogP contribution in [0.3, 0.4) is 0 Å². The van der Waals surface area contributed by atoms with E-state index in [0.29, 0.717) is 0 Å². The summed E-state index contributed by atoms with van der Waals surface area (Å²) in [4.78, 5) is 0. The summed E-state index contributed by atoms with van der Waals surface area (Å²) in [6.07, 6.45) is 7.78. The molecular weight excluding hydrogens is 184 g/mol. The summed E-state index contributed by atoms with van der Waals surface area (Å²) in [5.41, 5.74) is 2.88. The lowest BCUT2D eigenvalue weighted by molar-refractivity contribution is 0.221. The first-order valence-corrected chi connectivity index (χ1v) is 5.44. The lowest BCUT2D eigenvalue weighted by Gasteiger charge is -2.19. The predicted molar refractivity (Wildman–Crippen MR) is 59.0 cm³/mol. The maximum atomic E-state index is 6.16. The Morgan fingerprint density at radius 2 is 2.13 bits per heavy atom. The smallest absolute Gasteiger partial charge is 0.145 e. The summed E-state index contributed by atoms with van der Waals surface area (Å²) in [5.74, 6) is 1.07. The van der Waals surface area contributed by atoms with Crippen LogP contribution in [-0.4, -0.2) is 5.60 Å². The van der Waals surface area contributed by atoms with Gasteiger partial charge in [-0.1, -0.05) is 36.4 Å². The average Bonchev–Trinajstić information content (AvgIpc) is 2.83. The molecule has 15 heavy (non-hydrogen) atoms. The van der Waals surface area contributed by atoms with Crippen LogP contribution in [0.2, 0.25) is 0 Å². The van der Waals surface area contributed by atoms with Crippen molar-refractivity contribution in [3.63, 3.8) is 0 Å². The molecule has 74 valence electrons. The van der Waals surface area contributed by atoms with Gasteiger partial charge < -0.3 is 4.74 Å². The number of rotatable bonds is 0. The van der Waals surface area contributed by atoms with Gasteiger partial charge in [0.15, 0.2) is 0 Å². The van der Waals surface area contributed by atoms with Crippen molar-refractivity contribution in [1.29, 1.82) is 0 Å². The molecule has 0 N–H and O–H groups in total. The number of benzene rings is 1. The van der Waals surface area contributed by atoms with Gasteiger partial charge in [-0.3, -0.25) is 0 Å². The normalized spacial score (nSPS) is 38.6. The number of hydrogen-bond acceptors (Lipinski definition) is 1. The van der Waals surface area contributed by atoms with E-state index in [2.05, 4.69) is 43.4 Å². The van der Waals surface area contributed by atoms with Gasteiger partial charge in [0.2, 0.25) is 0 Å². The molecule has 1 aliphatic heterocycles. The van der Waals surface area contributed by atoms with E-state index in [-0.39, 0.29) is 11.0 Å². The Morgan fingerprint density at radius 1 is 1.27 bits per heavy atom. The largest absolute Gasteiger partial charge is 0.481 e. The van der Waals surface area contributed by atoms with E-state index in [0.717, 1.165) is 12.2 Å². The Balaban J connectivity index is 2.01. The highest BCUT2D eigenvalue weighted by Crippen LogP contribution is 2.71. The summed E-state index contributed by atoms with van der Waals surface area (Å²) in [7, 11) is 0. The summed E-state index contributed by atoms with van der Waals surface area (Å²) in [5, 5.41) is 0. The molecule has 1 aromatic carbocycles. The van der Waals surface area contributed by atoms with Gasteiger partial charge in [-0.15, -0.1) is 0 Å². The van der Waals surface area contributed by atoms with Crippen molar-refractivity contribution in [3.8, 4) is 5.75 Å². The molecule has 0 saturated heterocycles. The lowest BCUT2D eigenvalue weighted by atomic mass is 9.87. The predicted octanol–water partition coefficient (Wildman–Crippen LogP) is 2.98. The molecule has 2 atom stereocenters. The second kappa shape index (κ2) is 2.04. The fraction of sp³-hybridized carbons (Fsp3) is 0.286. The van der Waals surface area contributed by atoms with Crippen LogP contribution in [0.15, 0.2) is 48.1 Å². The molecule has 0 amide bonds. The first kappa shape index (κ1) is 7.75. The zero-order chi connectivity index (χ0) is 10.1. The van der Waals surface area contributed by atoms with Crippen LogP contribution >= 0.6 is 0 Å². The van der Waals surface area contributed by atoms with Crippen LogP contribution < -0.4 is 4.74 Å². The third-order valence-electron chi connectivity index (χ3n) is 4.14. The molecule has 0 spiro atoms. The monoisotopic (exact) mass is 196 g/mol. The van der Waals surface area contributed by atoms with E-state index < -0.39 is 0 Å². The van der Waals surface area contributed by atoms with Gasteiger partial charge in [-0.05, 0) is 18.6 Å². The summed E-state index contributed by atoms with van der Waals surface area (Å²) < 4.78 is 6.16. The molecule has 1 nitrogen and oxygen atoms in total. The van der Waals surface area contributed by atoms with E-state index in [1.807, 2.05) is 6.07 Å². The van der Waals surface area contributed by atoms with Crippen molar-refractivity contribution in [2.75, 3.05) is 0 Å². The van der Waals surface area contributed by atoms with Gasteiger partial charge in [0.25, 0.3) is 0 Å². The molecule has 2 unspecified atom stereocenters. The zero-order valence-corrected chi connectivity index (χ0v) is 8.66. The van der Waals surface area contributed by atoms with E-state index in [9.17, 15) is 0 Å². The van der Waals surface area contributed by atoms with Crippen molar-refractivity contribution >= 4 is 0 Å². The van der Waals surface area contributed by atoms with Crippen molar-refractivity contribution in [2.45, 2.75) is 24.4 Å². The molecular formula is C14H12O. The van der Waals surface area contributed by atoms with Gasteiger partial charge >= 0.3 is 0 Å². The Hall–Kier alpha value is -1.50. The Morgan fingerprint density at radius 3 is 3.07 bits per heavy atom. The highest BCUT2D eigenvalue weighted by Gasteiger charge is 2.75. The number of hydrogen-bond donors (Lipinski definition) is 0. The van der Waals surface area contributed by atoms with E-state index >= 15 is 0 Å². The van der Waals surface area contributed by atoms with Crippen LogP contribution in [0.4, 0.5) is 0 Å². The molecule has 3 aliphatic rings. The molecule has 0 bridgehead atoms. The number of fused-ring (bicyclic) bond motifs is 1. The Kier molecular flexibility index (Phi) is 1.05. The van der Waals surface area contributed by atoms with Crippen LogP contribution in [0.5, 0.6) is 5.75 Å². The zero-order valence-electron chi connectivity index (χ0n) is 8.66. The number of para-hydroxylation sites is 1. The maximum Gasteiger partial charge on any atom is 0.145 e. The molecule has 2 aliphatic carbocycles. The summed E-state index contributed by atoms with van der Waals surface area (Å²) in [6, 6.07) is 8.43. The summed E-state index contributed by atoms with van der Waals surface area (Å²) in [6.45, 7) is 2.18. The second-order valence-electron chi connectivity index (χ2n) is 4.78. The standard InChI is InChI=1S/C14H12O/c1-10-5-4-8-13-9-14(10,13)15-12-7-3-2-6-11(12)13/h2-8H,9H2,1H3. The second-order valence-corrected chi connectivity index (χ2v) is 4.78. The SMILES string of the molecule is CC1=CC=CC23CC12Oc1ccccc13. The van der Waals surface area contributed by atoms with Crippen LogP contribution in [-0.2, 0) is 5.41 Å². The number of ether oxygens (including phenoxy) is 1. The molecule has 4 rings (SSSR count). The molecule has 0 aromatic heterocycles. The third kappa shape index (κ3) is 0.637. The van der Waals surface area contributed by atoms with Crippen LogP contribution in [0.25, 0.3) is 0 Å². The van der Waals surface area contributed by atoms with Crippen LogP contribution in [0, 0.1) is 0 Å². The first-order valence-electron chi connectivity index (χ1n) is 5.44. The van der Waals surface area contributed by atoms with Gasteiger partial charge in [0.05, 0.1) is 5.41 Å². The highest BCUT2D eigenvalue weighted by atomic mass is 16.5. The Bertz CT molecular complexity index is 526. The van der Waals surface area contributed by atoms with Gasteiger partial charge in [-0.25, -0.2) is 0 Å². The lowest BCUT2D eigenvalue weighted by Crippen LogP contribution is -2.25. The summed E-state index contributed by atoms with van der Waals surface area (Å²) >= 11 is 0. The minimum Gasteiger partial charge on any atom is -0.481 e. The topological polar surface area (TPSA) is 9.23 Å². The van der Waals surface area contributed by atoms with Gasteiger partial charge in [-0.2, -0.15) is 0 Å². The maximum absolute atomic E-state index is 6.16. The molecule has 0 radical (unpaired) electrons. The van der Waals surface area contributed by atoms with Crippen molar-refractivity contribution in [3.05, 3.63) is 53.6 Å². The van der Waals surface area contributed by atoms with Gasteiger partial charge in [0, 0.05) is 12.0 Å². The van der Waals surface area contributed by atoms with Crippen molar-refractivity contribution in [2.24, 2.45) is 0 Å². The third-order valence-corrected chi connectivity index (χ3v) is 4.14. The molecule has 1 saturated carbocycles. The van der Waals surface area contributed by atoms with Crippen molar-refractivity contribution < 1.29 is 4.74 Å². The fourth-order valence-electron chi connectivity index (χ4n) is 3.25. The minimum absolute atomic E-state index is 0.0224. The first-order chi connectivity index (χ1) is 7.29. The van der Waals surface area contributed by atoms with E-state index in [1.165, 1.54) is 11.1 Å². The number of allylic oxidation sites excluding steroid dienone is 2. The van der Waals surface area contributed by atoms with E-state index in [1.54, 1.807) is 0 Å². The van der Waals surface area contributed by atoms with Gasteiger partial charge in [0.1, 0.15) is 11.4 Å². The highest BCUT2D eigenvalue weighted by molar-refractivity contribution is 5.65. The fourth-order valence-corrected chi connectivity index (χ4v) is 3.25. The molecule has 1 heterocycles. The van der Waals surface area contributed by atoms with Crippen LogP contribution in [0.1, 0.15) is 18.9 Å². The minimum atomic E-state index is -0.0224. The quantitative estimate of drug-likeness (QED) is 0.620. The molecule has 1 heteroatoms. The average molecular weight is 196 g/mol. The molecule has 1 aromatic rings. The molecule has 1 fully saturated rings.